The molecule has 3 aromatic rings. The molecule has 2 N–H and O–H groups in total. The third-order valence-corrected chi connectivity index (χ3v) is 5.57. The Bertz CT molecular complexity index is 1060. The SMILES string of the molecule is COc1ccc(C(C2=C(O)CC(C)(C)CC2=O)c2c[nH]c3ccccc23)cc1. The van der Waals surface area contributed by atoms with Gasteiger partial charge >= 0.3 is 0 Å². The van der Waals surface area contributed by atoms with E-state index in [1.807, 2.05) is 68.6 Å². The van der Waals surface area contributed by atoms with Crippen LogP contribution in [0.2, 0.25) is 0 Å². The molecular formula is C24H25NO3. The van der Waals surface area contributed by atoms with E-state index in [1.165, 1.54) is 0 Å². The lowest BCUT2D eigenvalue weighted by Crippen LogP contribution is -2.28. The zero-order chi connectivity index (χ0) is 19.9. The third kappa shape index (κ3) is 3.19. The Kier molecular flexibility index (Phi) is 4.50. The van der Waals surface area contributed by atoms with E-state index in [1.54, 1.807) is 7.11 Å². The monoisotopic (exact) mass is 375 g/mol. The number of benzene rings is 2. The van der Waals surface area contributed by atoms with Crippen molar-refractivity contribution in [1.82, 2.24) is 4.98 Å². The maximum absolute atomic E-state index is 13.1. The van der Waals surface area contributed by atoms with Crippen LogP contribution >= 0.6 is 0 Å². The molecule has 2 aromatic carbocycles. The van der Waals surface area contributed by atoms with Gasteiger partial charge in [0.2, 0.25) is 0 Å². The predicted octanol–water partition coefficient (Wildman–Crippen LogP) is 5.51. The highest BCUT2D eigenvalue weighted by Gasteiger charge is 2.38. The fraction of sp³-hybridized carbons (Fsp3) is 0.292. The predicted molar refractivity (Wildman–Crippen MR) is 111 cm³/mol. The Morgan fingerprint density at radius 1 is 1.07 bits per heavy atom. The number of hydrogen-bond acceptors (Lipinski definition) is 3. The van der Waals surface area contributed by atoms with E-state index < -0.39 is 0 Å². The van der Waals surface area contributed by atoms with E-state index >= 15 is 0 Å². The maximum atomic E-state index is 13.1. The van der Waals surface area contributed by atoms with Gasteiger partial charge in [0.15, 0.2) is 5.78 Å². The number of fused-ring (bicyclic) bond motifs is 1. The zero-order valence-electron chi connectivity index (χ0n) is 16.5. The number of ketones is 1. The molecule has 4 nitrogen and oxygen atoms in total. The van der Waals surface area contributed by atoms with Crippen LogP contribution in [0.15, 0.2) is 66.1 Å². The lowest BCUT2D eigenvalue weighted by molar-refractivity contribution is -0.118. The number of aromatic amines is 1. The van der Waals surface area contributed by atoms with Gasteiger partial charge in [0.1, 0.15) is 11.5 Å². The second kappa shape index (κ2) is 6.86. The Hall–Kier alpha value is -3.01. The number of hydrogen-bond donors (Lipinski definition) is 2. The van der Waals surface area contributed by atoms with Gasteiger partial charge < -0.3 is 14.8 Å². The number of allylic oxidation sites excluding steroid dienone is 2. The Morgan fingerprint density at radius 3 is 2.46 bits per heavy atom. The fourth-order valence-electron chi connectivity index (χ4n) is 4.26. The summed E-state index contributed by atoms with van der Waals surface area (Å²) in [6.45, 7) is 4.04. The Balaban J connectivity index is 1.93. The van der Waals surface area contributed by atoms with Crippen LogP contribution in [-0.4, -0.2) is 23.0 Å². The highest BCUT2D eigenvalue weighted by Crippen LogP contribution is 2.44. The zero-order valence-corrected chi connectivity index (χ0v) is 16.5. The van der Waals surface area contributed by atoms with E-state index in [0.717, 1.165) is 27.8 Å². The van der Waals surface area contributed by atoms with E-state index in [-0.39, 0.29) is 22.9 Å². The number of Topliss-reactive ketones (excluding diaryl/α,β-unsaturated/α-hetero) is 1. The summed E-state index contributed by atoms with van der Waals surface area (Å²) in [7, 11) is 1.63. The number of aliphatic hydroxyl groups excluding tert-OH is 1. The van der Waals surface area contributed by atoms with Crippen LogP contribution in [0.4, 0.5) is 0 Å². The van der Waals surface area contributed by atoms with Gasteiger partial charge in [-0.05, 0) is 34.7 Å². The van der Waals surface area contributed by atoms with Gasteiger partial charge in [-0.15, -0.1) is 0 Å². The van der Waals surface area contributed by atoms with Gasteiger partial charge in [0, 0.05) is 41.4 Å². The molecule has 1 atom stereocenters. The Labute approximate surface area is 164 Å². The quantitative estimate of drug-likeness (QED) is 0.632. The second-order valence-electron chi connectivity index (χ2n) is 8.30. The Morgan fingerprint density at radius 2 is 1.79 bits per heavy atom. The fourth-order valence-corrected chi connectivity index (χ4v) is 4.26. The second-order valence-corrected chi connectivity index (χ2v) is 8.30. The van der Waals surface area contributed by atoms with Gasteiger partial charge in [0.05, 0.1) is 7.11 Å². The number of methoxy groups -OCH3 is 1. The molecule has 0 saturated carbocycles. The van der Waals surface area contributed by atoms with Gasteiger partial charge in [-0.25, -0.2) is 0 Å². The number of H-pyrrole nitrogens is 1. The van der Waals surface area contributed by atoms with Crippen molar-refractivity contribution in [3.63, 3.8) is 0 Å². The van der Waals surface area contributed by atoms with Gasteiger partial charge in [-0.2, -0.15) is 0 Å². The normalized spacial score (nSPS) is 17.8. The van der Waals surface area contributed by atoms with Crippen LogP contribution in [0, 0.1) is 5.41 Å². The summed E-state index contributed by atoms with van der Waals surface area (Å²) in [5.74, 6) is 0.647. The smallest absolute Gasteiger partial charge is 0.163 e. The summed E-state index contributed by atoms with van der Waals surface area (Å²) < 4.78 is 5.29. The first-order chi connectivity index (χ1) is 13.4. The third-order valence-electron chi connectivity index (χ3n) is 5.57. The molecule has 1 aliphatic rings. The van der Waals surface area contributed by atoms with Crippen LogP contribution in [0.3, 0.4) is 0 Å². The van der Waals surface area contributed by atoms with E-state index in [4.69, 9.17) is 4.74 Å². The topological polar surface area (TPSA) is 62.3 Å². The molecule has 144 valence electrons. The molecule has 0 spiro atoms. The highest BCUT2D eigenvalue weighted by atomic mass is 16.5. The van der Waals surface area contributed by atoms with E-state index in [9.17, 15) is 9.90 Å². The highest BCUT2D eigenvalue weighted by molar-refractivity contribution is 6.00. The lowest BCUT2D eigenvalue weighted by atomic mass is 9.71. The lowest BCUT2D eigenvalue weighted by Gasteiger charge is -2.32. The van der Waals surface area contributed by atoms with Crippen molar-refractivity contribution in [2.45, 2.75) is 32.6 Å². The average molecular weight is 375 g/mol. The number of aromatic nitrogens is 1. The molecule has 0 fully saturated rings. The maximum Gasteiger partial charge on any atom is 0.163 e. The number of nitrogens with one attached hydrogen (secondary N) is 1. The van der Waals surface area contributed by atoms with Crippen molar-refractivity contribution in [3.05, 3.63) is 77.2 Å². The number of carbonyl (C=O) groups is 1. The minimum Gasteiger partial charge on any atom is -0.512 e. The first kappa shape index (κ1) is 18.4. The van der Waals surface area contributed by atoms with Crippen molar-refractivity contribution in [2.24, 2.45) is 5.41 Å². The molecule has 28 heavy (non-hydrogen) atoms. The molecule has 1 heterocycles. The molecule has 1 aromatic heterocycles. The summed E-state index contributed by atoms with van der Waals surface area (Å²) in [5.41, 5.74) is 3.25. The number of para-hydroxylation sites is 1. The molecular weight excluding hydrogens is 350 g/mol. The summed E-state index contributed by atoms with van der Waals surface area (Å²) in [6, 6.07) is 15.8. The van der Waals surface area contributed by atoms with Crippen molar-refractivity contribution >= 4 is 16.7 Å². The van der Waals surface area contributed by atoms with Crippen LogP contribution in [-0.2, 0) is 4.79 Å². The van der Waals surface area contributed by atoms with Gasteiger partial charge in [-0.3, -0.25) is 4.79 Å². The van der Waals surface area contributed by atoms with Crippen LogP contribution in [0.25, 0.3) is 10.9 Å². The van der Waals surface area contributed by atoms with Crippen molar-refractivity contribution in [2.75, 3.05) is 7.11 Å². The molecule has 0 amide bonds. The molecule has 0 aliphatic heterocycles. The summed E-state index contributed by atoms with van der Waals surface area (Å²) in [5, 5.41) is 12.0. The van der Waals surface area contributed by atoms with Gasteiger partial charge in [0.25, 0.3) is 0 Å². The number of carbonyl (C=O) groups excluding carboxylic acids is 1. The van der Waals surface area contributed by atoms with E-state index in [0.29, 0.717) is 18.4 Å². The molecule has 4 rings (SSSR count). The van der Waals surface area contributed by atoms with Crippen molar-refractivity contribution in [1.29, 1.82) is 0 Å². The molecule has 0 bridgehead atoms. The summed E-state index contributed by atoms with van der Waals surface area (Å²) >= 11 is 0. The molecule has 0 radical (unpaired) electrons. The van der Waals surface area contributed by atoms with Gasteiger partial charge in [-0.1, -0.05) is 44.2 Å². The first-order valence-electron chi connectivity index (χ1n) is 9.55. The van der Waals surface area contributed by atoms with E-state index in [2.05, 4.69) is 4.98 Å². The molecule has 0 saturated heterocycles. The minimum atomic E-state index is -0.328. The summed E-state index contributed by atoms with van der Waals surface area (Å²) in [6.07, 6.45) is 2.89. The van der Waals surface area contributed by atoms with Crippen molar-refractivity contribution < 1.29 is 14.6 Å². The van der Waals surface area contributed by atoms with Crippen LogP contribution < -0.4 is 4.74 Å². The first-order valence-corrected chi connectivity index (χ1v) is 9.55. The molecule has 1 aliphatic carbocycles. The largest absolute Gasteiger partial charge is 0.512 e. The summed E-state index contributed by atoms with van der Waals surface area (Å²) in [4.78, 5) is 16.4. The average Bonchev–Trinajstić information content (AvgIpc) is 3.08. The van der Waals surface area contributed by atoms with Crippen molar-refractivity contribution in [3.8, 4) is 5.75 Å². The minimum absolute atomic E-state index is 0.0137. The number of aliphatic hydroxyl groups is 1. The number of ether oxygens (including phenoxy) is 1. The standard InChI is InChI=1S/C24H25NO3/c1-24(2)12-20(26)23(21(27)13-24)22(15-8-10-16(28-3)11-9-15)18-14-25-19-7-5-4-6-17(18)19/h4-11,14,22,25-26H,12-13H2,1-3H3. The van der Waals surface area contributed by atoms with Crippen LogP contribution in [0.1, 0.15) is 43.7 Å². The molecule has 4 heteroatoms. The van der Waals surface area contributed by atoms with Crippen LogP contribution in [0.5, 0.6) is 5.75 Å². The molecule has 1 unspecified atom stereocenters. The number of rotatable bonds is 4.